The van der Waals surface area contributed by atoms with E-state index in [4.69, 9.17) is 18.9 Å². The van der Waals surface area contributed by atoms with Crippen LogP contribution in [0.1, 0.15) is 24.1 Å². The molecule has 1 unspecified atom stereocenters. The molecule has 9 heteroatoms. The Kier molecular flexibility index (Phi) is 6.56. The van der Waals surface area contributed by atoms with Crippen LogP contribution in [-0.2, 0) is 9.53 Å². The SMILES string of the molecule is COC(=O)C1=C(C)N=c2s/c(=C/c3ccccc3)c(=O)n2C1c1cc(OC)c(OC)c(OC)c1. The number of methoxy groups -OCH3 is 4. The fourth-order valence-corrected chi connectivity index (χ4v) is 5.01. The lowest BCUT2D eigenvalue weighted by Gasteiger charge is -2.25. The molecule has 0 amide bonds. The normalized spacial score (nSPS) is 15.4. The van der Waals surface area contributed by atoms with Crippen molar-refractivity contribution in [1.29, 1.82) is 0 Å². The summed E-state index contributed by atoms with van der Waals surface area (Å²) in [5.41, 5.74) is 1.95. The van der Waals surface area contributed by atoms with Gasteiger partial charge >= 0.3 is 5.97 Å². The van der Waals surface area contributed by atoms with E-state index in [1.807, 2.05) is 36.4 Å². The number of benzene rings is 2. The highest BCUT2D eigenvalue weighted by atomic mass is 32.1. The summed E-state index contributed by atoms with van der Waals surface area (Å²) >= 11 is 1.26. The standard InChI is InChI=1S/C25H24N2O6S/c1-14-20(24(29)33-5)21(16-12-17(30-2)22(32-4)18(13-16)31-3)27-23(28)19(34-25(27)26-14)11-15-9-7-6-8-10-15/h6-13,21H,1-5H3/b19-11+. The number of carbonyl (C=O) groups excluding carboxylic acids is 1. The predicted octanol–water partition coefficient (Wildman–Crippen LogP) is 2.43. The number of esters is 1. The average Bonchev–Trinajstić information content (AvgIpc) is 3.16. The van der Waals surface area contributed by atoms with Crippen LogP contribution in [0.2, 0.25) is 0 Å². The Labute approximate surface area is 200 Å². The average molecular weight is 481 g/mol. The van der Waals surface area contributed by atoms with Crippen LogP contribution in [0.25, 0.3) is 6.08 Å². The molecule has 0 fully saturated rings. The van der Waals surface area contributed by atoms with Crippen molar-refractivity contribution in [2.45, 2.75) is 13.0 Å². The summed E-state index contributed by atoms with van der Waals surface area (Å²) in [4.78, 5) is 31.5. The minimum absolute atomic E-state index is 0.260. The zero-order valence-corrected chi connectivity index (χ0v) is 20.3. The number of ether oxygens (including phenoxy) is 4. The maximum absolute atomic E-state index is 13.6. The van der Waals surface area contributed by atoms with Crippen LogP contribution >= 0.6 is 11.3 Å². The number of allylic oxidation sites excluding steroid dienone is 1. The summed E-state index contributed by atoms with van der Waals surface area (Å²) in [7, 11) is 5.83. The Bertz CT molecular complexity index is 1430. The van der Waals surface area contributed by atoms with Crippen molar-refractivity contribution in [3.05, 3.63) is 84.5 Å². The van der Waals surface area contributed by atoms with Gasteiger partial charge in [-0.1, -0.05) is 41.7 Å². The van der Waals surface area contributed by atoms with E-state index in [2.05, 4.69) is 4.99 Å². The molecule has 1 aliphatic rings. The first-order valence-electron chi connectivity index (χ1n) is 10.4. The lowest BCUT2D eigenvalue weighted by atomic mass is 9.95. The maximum atomic E-state index is 13.6. The van der Waals surface area contributed by atoms with Crippen molar-refractivity contribution < 1.29 is 23.7 Å². The zero-order valence-electron chi connectivity index (χ0n) is 19.4. The van der Waals surface area contributed by atoms with E-state index in [0.717, 1.165) is 5.56 Å². The molecule has 0 aliphatic carbocycles. The molecular weight excluding hydrogens is 456 g/mol. The van der Waals surface area contributed by atoms with Crippen LogP contribution in [-0.4, -0.2) is 39.0 Å². The van der Waals surface area contributed by atoms with E-state index in [0.29, 0.717) is 37.8 Å². The van der Waals surface area contributed by atoms with Crippen molar-refractivity contribution in [3.8, 4) is 17.2 Å². The topological polar surface area (TPSA) is 88.4 Å². The summed E-state index contributed by atoms with van der Waals surface area (Å²) in [5.74, 6) is 0.646. The molecular formula is C25H24N2O6S. The van der Waals surface area contributed by atoms with Crippen LogP contribution in [0.4, 0.5) is 0 Å². The summed E-state index contributed by atoms with van der Waals surface area (Å²) in [5, 5.41) is 0. The molecule has 2 heterocycles. The highest BCUT2D eigenvalue weighted by Crippen LogP contribution is 2.42. The number of fused-ring (bicyclic) bond motifs is 1. The fourth-order valence-electron chi connectivity index (χ4n) is 3.97. The lowest BCUT2D eigenvalue weighted by Crippen LogP contribution is -2.39. The maximum Gasteiger partial charge on any atom is 0.338 e. The molecule has 0 bridgehead atoms. The number of hydrogen-bond acceptors (Lipinski definition) is 8. The monoisotopic (exact) mass is 480 g/mol. The smallest absolute Gasteiger partial charge is 0.338 e. The van der Waals surface area contributed by atoms with E-state index < -0.39 is 12.0 Å². The fraction of sp³-hybridized carbons (Fsp3) is 0.240. The number of rotatable bonds is 6. The van der Waals surface area contributed by atoms with Crippen molar-refractivity contribution in [2.24, 2.45) is 4.99 Å². The summed E-state index contributed by atoms with van der Waals surface area (Å²) < 4.78 is 23.5. The zero-order chi connectivity index (χ0) is 24.4. The predicted molar refractivity (Wildman–Crippen MR) is 128 cm³/mol. The van der Waals surface area contributed by atoms with Gasteiger partial charge < -0.3 is 18.9 Å². The summed E-state index contributed by atoms with van der Waals surface area (Å²) in [6, 6.07) is 12.2. The van der Waals surface area contributed by atoms with Gasteiger partial charge in [-0.3, -0.25) is 9.36 Å². The van der Waals surface area contributed by atoms with Crippen molar-refractivity contribution in [1.82, 2.24) is 4.57 Å². The lowest BCUT2D eigenvalue weighted by molar-refractivity contribution is -0.136. The third kappa shape index (κ3) is 3.99. The minimum atomic E-state index is -0.796. The second-order valence-electron chi connectivity index (χ2n) is 7.44. The second-order valence-corrected chi connectivity index (χ2v) is 8.45. The van der Waals surface area contributed by atoms with Gasteiger partial charge in [0.25, 0.3) is 5.56 Å². The molecule has 4 rings (SSSR count). The highest BCUT2D eigenvalue weighted by Gasteiger charge is 2.34. The van der Waals surface area contributed by atoms with Gasteiger partial charge in [-0.2, -0.15) is 0 Å². The first-order valence-corrected chi connectivity index (χ1v) is 11.2. The molecule has 1 aliphatic heterocycles. The number of hydrogen-bond donors (Lipinski definition) is 0. The van der Waals surface area contributed by atoms with Gasteiger partial charge in [-0.05, 0) is 36.3 Å². The first-order chi connectivity index (χ1) is 16.4. The van der Waals surface area contributed by atoms with Gasteiger partial charge in [0.15, 0.2) is 16.3 Å². The molecule has 0 spiro atoms. The molecule has 0 saturated heterocycles. The van der Waals surface area contributed by atoms with Gasteiger partial charge in [0.2, 0.25) is 5.75 Å². The van der Waals surface area contributed by atoms with Crippen molar-refractivity contribution in [2.75, 3.05) is 28.4 Å². The molecule has 0 N–H and O–H groups in total. The van der Waals surface area contributed by atoms with Crippen molar-refractivity contribution in [3.63, 3.8) is 0 Å². The quantitative estimate of drug-likeness (QED) is 0.504. The number of aromatic nitrogens is 1. The van der Waals surface area contributed by atoms with E-state index in [9.17, 15) is 9.59 Å². The molecule has 0 radical (unpaired) electrons. The van der Waals surface area contributed by atoms with Crippen LogP contribution in [0.3, 0.4) is 0 Å². The van der Waals surface area contributed by atoms with Gasteiger partial charge in [0.05, 0.1) is 50.3 Å². The third-order valence-corrected chi connectivity index (χ3v) is 6.51. The van der Waals surface area contributed by atoms with Crippen LogP contribution in [0.15, 0.2) is 63.5 Å². The largest absolute Gasteiger partial charge is 0.493 e. The molecule has 1 atom stereocenters. The van der Waals surface area contributed by atoms with E-state index >= 15 is 0 Å². The van der Waals surface area contributed by atoms with E-state index in [-0.39, 0.29) is 11.1 Å². The van der Waals surface area contributed by atoms with E-state index in [1.54, 1.807) is 19.1 Å². The number of nitrogens with zero attached hydrogens (tertiary/aromatic N) is 2. The number of carbonyl (C=O) groups is 1. The second kappa shape index (κ2) is 9.56. The Hall–Kier alpha value is -3.85. The van der Waals surface area contributed by atoms with Gasteiger partial charge in [-0.15, -0.1) is 0 Å². The van der Waals surface area contributed by atoms with Gasteiger partial charge in [-0.25, -0.2) is 9.79 Å². The van der Waals surface area contributed by atoms with Gasteiger partial charge in [0.1, 0.15) is 0 Å². The summed E-state index contributed by atoms with van der Waals surface area (Å²) in [6.07, 6.45) is 1.81. The molecule has 2 aromatic carbocycles. The van der Waals surface area contributed by atoms with Crippen molar-refractivity contribution >= 4 is 23.4 Å². The first kappa shape index (κ1) is 23.3. The third-order valence-electron chi connectivity index (χ3n) is 5.53. The number of thiazole rings is 1. The molecule has 0 saturated carbocycles. The molecule has 176 valence electrons. The molecule has 3 aromatic rings. The molecule has 34 heavy (non-hydrogen) atoms. The Morgan fingerprint density at radius 1 is 1.03 bits per heavy atom. The van der Waals surface area contributed by atoms with Crippen LogP contribution < -0.4 is 29.1 Å². The highest BCUT2D eigenvalue weighted by molar-refractivity contribution is 7.07. The Balaban J connectivity index is 2.03. The van der Waals surface area contributed by atoms with Crippen LogP contribution in [0, 0.1) is 0 Å². The molecule has 8 nitrogen and oxygen atoms in total. The Morgan fingerprint density at radius 2 is 1.68 bits per heavy atom. The summed E-state index contributed by atoms with van der Waals surface area (Å²) in [6.45, 7) is 1.73. The van der Waals surface area contributed by atoms with E-state index in [1.165, 1.54) is 44.3 Å². The van der Waals surface area contributed by atoms with Crippen LogP contribution in [0.5, 0.6) is 17.2 Å². The Morgan fingerprint density at radius 3 is 2.24 bits per heavy atom. The molecule has 1 aromatic heterocycles. The van der Waals surface area contributed by atoms with Gasteiger partial charge in [0, 0.05) is 0 Å². The minimum Gasteiger partial charge on any atom is -0.493 e.